The molecule has 6 nitrogen and oxygen atoms in total. The summed E-state index contributed by atoms with van der Waals surface area (Å²) in [5.74, 6) is 0.248. The molecule has 1 unspecified atom stereocenters. The summed E-state index contributed by atoms with van der Waals surface area (Å²) < 4.78 is 16.1. The van der Waals surface area contributed by atoms with Gasteiger partial charge in [0.05, 0.1) is 15.1 Å². The van der Waals surface area contributed by atoms with E-state index in [0.29, 0.717) is 17.2 Å². The molecule has 0 saturated heterocycles. The van der Waals surface area contributed by atoms with Crippen LogP contribution in [0.25, 0.3) is 0 Å². The molecule has 1 N–H and O–H groups in total. The van der Waals surface area contributed by atoms with E-state index in [4.69, 9.17) is 49.0 Å². The smallest absolute Gasteiger partial charge is 0.344 e. The molecule has 0 bridgehead atoms. The fraction of sp³-hybridized carbons (Fsp3) is 0.130. The lowest BCUT2D eigenvalue weighted by Crippen LogP contribution is -2.31. The van der Waals surface area contributed by atoms with Crippen LogP contribution < -0.4 is 14.8 Å². The van der Waals surface area contributed by atoms with Crippen LogP contribution in [0.15, 0.2) is 66.7 Å². The fourth-order valence-electron chi connectivity index (χ4n) is 2.51. The van der Waals surface area contributed by atoms with E-state index in [9.17, 15) is 9.59 Å². The first kappa shape index (κ1) is 23.7. The van der Waals surface area contributed by atoms with Gasteiger partial charge < -0.3 is 19.5 Å². The molecular weight excluding hydrogens is 477 g/mol. The summed E-state index contributed by atoms with van der Waals surface area (Å²) >= 11 is 17.8. The van der Waals surface area contributed by atoms with Gasteiger partial charge in [-0.05, 0) is 49.4 Å². The van der Waals surface area contributed by atoms with Crippen LogP contribution in [0.1, 0.15) is 6.92 Å². The third-order valence-electron chi connectivity index (χ3n) is 4.10. The van der Waals surface area contributed by atoms with Gasteiger partial charge in [0.25, 0.3) is 5.91 Å². The zero-order chi connectivity index (χ0) is 23.1. The van der Waals surface area contributed by atoms with Gasteiger partial charge >= 0.3 is 5.97 Å². The van der Waals surface area contributed by atoms with Crippen LogP contribution in [0.4, 0.5) is 5.69 Å². The van der Waals surface area contributed by atoms with Crippen LogP contribution in [0.2, 0.25) is 15.1 Å². The Balaban J connectivity index is 1.48. The van der Waals surface area contributed by atoms with Gasteiger partial charge in [-0.15, -0.1) is 0 Å². The monoisotopic (exact) mass is 493 g/mol. The lowest BCUT2D eigenvalue weighted by molar-refractivity contribution is -0.155. The number of esters is 1. The lowest BCUT2D eigenvalue weighted by Gasteiger charge is -2.15. The van der Waals surface area contributed by atoms with Crippen molar-refractivity contribution in [2.45, 2.75) is 13.0 Å². The standard InChI is InChI=1S/C23H18Cl3NO5/c1-14(31-22(28)13-30-21-12-19(25)18(24)11-20(21)26)23(29)27-15-7-9-17(10-8-15)32-16-5-3-2-4-6-16/h2-12,14H,13H2,1H3,(H,27,29). The van der Waals surface area contributed by atoms with Gasteiger partial charge in [-0.1, -0.05) is 53.0 Å². The molecule has 0 heterocycles. The van der Waals surface area contributed by atoms with Crippen molar-refractivity contribution in [3.63, 3.8) is 0 Å². The van der Waals surface area contributed by atoms with E-state index < -0.39 is 24.6 Å². The molecule has 0 aliphatic carbocycles. The molecule has 1 atom stereocenters. The SMILES string of the molecule is CC(OC(=O)COc1cc(Cl)c(Cl)cc1Cl)C(=O)Nc1ccc(Oc2ccccc2)cc1. The molecule has 32 heavy (non-hydrogen) atoms. The summed E-state index contributed by atoms with van der Waals surface area (Å²) in [6.07, 6.45) is -1.05. The highest BCUT2D eigenvalue weighted by molar-refractivity contribution is 6.43. The number of carbonyl (C=O) groups excluding carboxylic acids is 2. The minimum Gasteiger partial charge on any atom is -0.480 e. The highest BCUT2D eigenvalue weighted by atomic mass is 35.5. The second-order valence-electron chi connectivity index (χ2n) is 6.55. The van der Waals surface area contributed by atoms with Gasteiger partial charge in [0.15, 0.2) is 12.7 Å². The number of carbonyl (C=O) groups is 2. The Morgan fingerprint density at radius 3 is 2.19 bits per heavy atom. The number of hydrogen-bond donors (Lipinski definition) is 1. The molecule has 1 amide bonds. The highest BCUT2D eigenvalue weighted by Gasteiger charge is 2.19. The van der Waals surface area contributed by atoms with Crippen molar-refractivity contribution in [3.8, 4) is 17.2 Å². The van der Waals surface area contributed by atoms with E-state index in [1.165, 1.54) is 19.1 Å². The third-order valence-corrected chi connectivity index (χ3v) is 5.12. The number of ether oxygens (including phenoxy) is 3. The number of rotatable bonds is 8. The van der Waals surface area contributed by atoms with Crippen molar-refractivity contribution in [1.82, 2.24) is 0 Å². The maximum absolute atomic E-state index is 12.3. The molecule has 166 valence electrons. The Morgan fingerprint density at radius 2 is 1.50 bits per heavy atom. The van der Waals surface area contributed by atoms with Crippen molar-refractivity contribution in [2.24, 2.45) is 0 Å². The number of benzene rings is 3. The highest BCUT2D eigenvalue weighted by Crippen LogP contribution is 2.33. The van der Waals surface area contributed by atoms with Crippen LogP contribution in [0.3, 0.4) is 0 Å². The summed E-state index contributed by atoms with van der Waals surface area (Å²) in [5.41, 5.74) is 0.525. The lowest BCUT2D eigenvalue weighted by atomic mass is 10.2. The summed E-state index contributed by atoms with van der Waals surface area (Å²) in [7, 11) is 0. The third kappa shape index (κ3) is 6.79. The maximum Gasteiger partial charge on any atom is 0.344 e. The second kappa shape index (κ2) is 11.1. The molecular formula is C23H18Cl3NO5. The Hall–Kier alpha value is -2.93. The summed E-state index contributed by atoms with van der Waals surface area (Å²) in [5, 5.41) is 3.35. The molecule has 3 rings (SSSR count). The first-order valence-corrected chi connectivity index (χ1v) is 10.6. The summed E-state index contributed by atoms with van der Waals surface area (Å²) in [6.45, 7) is 0.993. The number of anilines is 1. The Bertz CT molecular complexity index is 1090. The topological polar surface area (TPSA) is 73.9 Å². The van der Waals surface area contributed by atoms with Gasteiger partial charge in [-0.2, -0.15) is 0 Å². The van der Waals surface area contributed by atoms with Crippen LogP contribution in [-0.4, -0.2) is 24.6 Å². The van der Waals surface area contributed by atoms with Crippen molar-refractivity contribution in [3.05, 3.63) is 81.8 Å². The van der Waals surface area contributed by atoms with Crippen molar-refractivity contribution >= 4 is 52.4 Å². The van der Waals surface area contributed by atoms with E-state index in [2.05, 4.69) is 5.32 Å². The zero-order valence-electron chi connectivity index (χ0n) is 16.8. The van der Waals surface area contributed by atoms with Crippen molar-refractivity contribution < 1.29 is 23.8 Å². The van der Waals surface area contributed by atoms with E-state index in [-0.39, 0.29) is 20.8 Å². The zero-order valence-corrected chi connectivity index (χ0v) is 19.1. The molecule has 0 saturated carbocycles. The molecule has 3 aromatic rings. The average molecular weight is 495 g/mol. The van der Waals surface area contributed by atoms with E-state index in [1.54, 1.807) is 24.3 Å². The van der Waals surface area contributed by atoms with Crippen LogP contribution in [0.5, 0.6) is 17.2 Å². The quantitative estimate of drug-likeness (QED) is 0.290. The van der Waals surface area contributed by atoms with E-state index in [1.807, 2.05) is 30.3 Å². The van der Waals surface area contributed by atoms with Crippen molar-refractivity contribution in [1.29, 1.82) is 0 Å². The number of hydrogen-bond acceptors (Lipinski definition) is 5. The van der Waals surface area contributed by atoms with Gasteiger partial charge in [0.1, 0.15) is 17.2 Å². The Morgan fingerprint density at radius 1 is 0.875 bits per heavy atom. The second-order valence-corrected chi connectivity index (χ2v) is 7.77. The number of para-hydroxylation sites is 1. The molecule has 3 aromatic carbocycles. The fourth-order valence-corrected chi connectivity index (χ4v) is 3.10. The Labute approximate surface area is 199 Å². The van der Waals surface area contributed by atoms with Gasteiger partial charge in [0, 0.05) is 11.8 Å². The van der Waals surface area contributed by atoms with E-state index >= 15 is 0 Å². The minimum atomic E-state index is -1.05. The number of nitrogens with one attached hydrogen (secondary N) is 1. The molecule has 0 aliphatic heterocycles. The first-order valence-electron chi connectivity index (χ1n) is 9.42. The number of halogens is 3. The number of amides is 1. The molecule has 0 spiro atoms. The predicted molar refractivity (Wildman–Crippen MR) is 124 cm³/mol. The average Bonchev–Trinajstić information content (AvgIpc) is 2.77. The molecule has 0 radical (unpaired) electrons. The van der Waals surface area contributed by atoms with Gasteiger partial charge in [0.2, 0.25) is 0 Å². The van der Waals surface area contributed by atoms with Gasteiger partial charge in [-0.3, -0.25) is 4.79 Å². The van der Waals surface area contributed by atoms with Crippen LogP contribution in [0, 0.1) is 0 Å². The van der Waals surface area contributed by atoms with Crippen LogP contribution >= 0.6 is 34.8 Å². The summed E-state index contributed by atoms with van der Waals surface area (Å²) in [6, 6.07) is 18.9. The molecule has 0 aromatic heterocycles. The van der Waals surface area contributed by atoms with E-state index in [0.717, 1.165) is 0 Å². The van der Waals surface area contributed by atoms with Gasteiger partial charge in [-0.25, -0.2) is 4.79 Å². The normalized spacial score (nSPS) is 11.4. The summed E-state index contributed by atoms with van der Waals surface area (Å²) in [4.78, 5) is 24.3. The van der Waals surface area contributed by atoms with Crippen LogP contribution in [-0.2, 0) is 14.3 Å². The first-order chi connectivity index (χ1) is 15.3. The Kier molecular flexibility index (Phi) is 8.22. The minimum absolute atomic E-state index is 0.174. The predicted octanol–water partition coefficient (Wildman–Crippen LogP) is 6.39. The molecule has 0 fully saturated rings. The molecule has 0 aliphatic rings. The maximum atomic E-state index is 12.3. The van der Waals surface area contributed by atoms with Crippen molar-refractivity contribution in [2.75, 3.05) is 11.9 Å². The largest absolute Gasteiger partial charge is 0.480 e. The molecule has 9 heteroatoms.